The lowest BCUT2D eigenvalue weighted by molar-refractivity contribution is 0.627. The number of hydrogen-bond acceptors (Lipinski definition) is 0. The lowest BCUT2D eigenvalue weighted by Crippen LogP contribution is -1.87. The van der Waals surface area contributed by atoms with Crippen molar-refractivity contribution in [1.82, 2.24) is 0 Å². The molecular weight excluding hydrogens is 285 g/mol. The van der Waals surface area contributed by atoms with Gasteiger partial charge in [0.15, 0.2) is 11.7 Å². The van der Waals surface area contributed by atoms with Crippen molar-refractivity contribution in [2.24, 2.45) is 0 Å². The van der Waals surface area contributed by atoms with Crippen LogP contribution in [0.3, 0.4) is 0 Å². The second-order valence-electron chi connectivity index (χ2n) is 4.94. The van der Waals surface area contributed by atoms with Gasteiger partial charge in [-0.2, -0.15) is 0 Å². The van der Waals surface area contributed by atoms with Gasteiger partial charge in [0.25, 0.3) is 0 Å². The highest BCUT2D eigenvalue weighted by Crippen LogP contribution is 2.29. The van der Waals surface area contributed by atoms with E-state index >= 15 is 0 Å². The fraction of sp³-hybridized carbons (Fsp3) is 0.158. The molecule has 2 aromatic rings. The number of aryl methyl sites for hydroxylation is 1. The molecule has 0 aliphatic carbocycles. The summed E-state index contributed by atoms with van der Waals surface area (Å²) >= 11 is 0. The molecule has 0 aromatic heterocycles. The van der Waals surface area contributed by atoms with E-state index in [4.69, 9.17) is 0 Å². The molecule has 2 rings (SSSR count). The van der Waals surface area contributed by atoms with Crippen LogP contribution in [0.4, 0.5) is 13.2 Å². The largest absolute Gasteiger partial charge is 0.207 e. The number of benzene rings is 2. The molecule has 0 nitrogen and oxygen atoms in total. The highest BCUT2D eigenvalue weighted by atomic mass is 19.2. The Bertz CT molecular complexity index is 665. The Morgan fingerprint density at radius 3 is 1.86 bits per heavy atom. The van der Waals surface area contributed by atoms with E-state index in [1.807, 2.05) is 13.0 Å². The maximum Gasteiger partial charge on any atom is 0.166 e. The van der Waals surface area contributed by atoms with Crippen LogP contribution in [-0.2, 0) is 6.42 Å². The third kappa shape index (κ3) is 4.10. The first-order valence-electron chi connectivity index (χ1n) is 7.13. The van der Waals surface area contributed by atoms with Gasteiger partial charge in [0.05, 0.1) is 0 Å². The van der Waals surface area contributed by atoms with Gasteiger partial charge in [-0.25, -0.2) is 13.2 Å². The van der Waals surface area contributed by atoms with E-state index in [1.54, 1.807) is 24.3 Å². The van der Waals surface area contributed by atoms with Gasteiger partial charge in [-0.1, -0.05) is 36.4 Å². The first-order valence-corrected chi connectivity index (χ1v) is 7.13. The molecule has 0 aliphatic rings. The summed E-state index contributed by atoms with van der Waals surface area (Å²) in [5.74, 6) is -2.41. The highest BCUT2D eigenvalue weighted by molar-refractivity contribution is 5.83. The lowest BCUT2D eigenvalue weighted by atomic mass is 10.0. The van der Waals surface area contributed by atoms with E-state index < -0.39 is 17.5 Å². The number of halogens is 3. The van der Waals surface area contributed by atoms with Gasteiger partial charge >= 0.3 is 0 Å². The summed E-state index contributed by atoms with van der Waals surface area (Å²) in [6, 6.07) is 11.3. The quantitative estimate of drug-likeness (QED) is 0.462. The van der Waals surface area contributed by atoms with Crippen LogP contribution in [0.1, 0.15) is 30.0 Å². The second-order valence-corrected chi connectivity index (χ2v) is 4.94. The zero-order valence-electron chi connectivity index (χ0n) is 12.3. The Kier molecular flexibility index (Phi) is 5.59. The Labute approximate surface area is 128 Å². The maximum atomic E-state index is 14.2. The fourth-order valence-electron chi connectivity index (χ4n) is 2.08. The molecule has 0 amide bonds. The van der Waals surface area contributed by atoms with E-state index in [0.717, 1.165) is 30.5 Å². The van der Waals surface area contributed by atoms with Crippen molar-refractivity contribution >= 4 is 11.7 Å². The van der Waals surface area contributed by atoms with E-state index in [0.29, 0.717) is 0 Å². The summed E-state index contributed by atoms with van der Waals surface area (Å²) in [6.45, 7) is 1.96. The van der Waals surface area contributed by atoms with Gasteiger partial charge in [0.2, 0.25) is 0 Å². The summed E-state index contributed by atoms with van der Waals surface area (Å²) in [4.78, 5) is 0. The standard InChI is InChI=1S/C19H17F3/c1-2-3-4-5-14-6-8-15(9-7-14)18(21)19(22)16-10-12-17(20)13-11-16/h2-3,6-13H,4-5H2,1H3/b3-2+,19-18+. The van der Waals surface area contributed by atoms with Crippen LogP contribution in [0, 0.1) is 5.82 Å². The van der Waals surface area contributed by atoms with E-state index in [2.05, 4.69) is 6.08 Å². The van der Waals surface area contributed by atoms with E-state index in [-0.39, 0.29) is 11.1 Å². The van der Waals surface area contributed by atoms with Gasteiger partial charge in [-0.3, -0.25) is 0 Å². The van der Waals surface area contributed by atoms with Gasteiger partial charge in [0.1, 0.15) is 5.82 Å². The number of rotatable bonds is 5. The van der Waals surface area contributed by atoms with Crippen molar-refractivity contribution in [1.29, 1.82) is 0 Å². The van der Waals surface area contributed by atoms with Crippen molar-refractivity contribution in [3.63, 3.8) is 0 Å². The molecule has 3 heteroatoms. The van der Waals surface area contributed by atoms with Crippen molar-refractivity contribution in [3.8, 4) is 0 Å². The first kappa shape index (κ1) is 16.1. The zero-order chi connectivity index (χ0) is 15.9. The van der Waals surface area contributed by atoms with Crippen LogP contribution in [0.2, 0.25) is 0 Å². The highest BCUT2D eigenvalue weighted by Gasteiger charge is 2.11. The molecule has 0 bridgehead atoms. The molecule has 0 aliphatic heterocycles. The lowest BCUT2D eigenvalue weighted by Gasteiger charge is -2.04. The smallest absolute Gasteiger partial charge is 0.166 e. The van der Waals surface area contributed by atoms with Gasteiger partial charge in [-0.15, -0.1) is 0 Å². The fourth-order valence-corrected chi connectivity index (χ4v) is 2.08. The molecule has 2 aromatic carbocycles. The van der Waals surface area contributed by atoms with Crippen LogP contribution in [0.25, 0.3) is 11.7 Å². The van der Waals surface area contributed by atoms with E-state index in [1.165, 1.54) is 12.1 Å². The minimum atomic E-state index is -0.985. The SMILES string of the molecule is C/C=C/CCc1ccc(/C(F)=C(\F)c2ccc(F)cc2)cc1. The molecule has 0 heterocycles. The first-order chi connectivity index (χ1) is 10.6. The molecule has 0 fully saturated rings. The predicted molar refractivity (Wildman–Crippen MR) is 85.0 cm³/mol. The van der Waals surface area contributed by atoms with Crippen molar-refractivity contribution < 1.29 is 13.2 Å². The molecule has 114 valence electrons. The van der Waals surface area contributed by atoms with Crippen molar-refractivity contribution in [2.45, 2.75) is 19.8 Å². The van der Waals surface area contributed by atoms with E-state index in [9.17, 15) is 13.2 Å². The van der Waals surface area contributed by atoms with Crippen LogP contribution in [0.15, 0.2) is 60.7 Å². The van der Waals surface area contributed by atoms with Gasteiger partial charge < -0.3 is 0 Å². The number of allylic oxidation sites excluding steroid dienone is 2. The summed E-state index contributed by atoms with van der Waals surface area (Å²) in [7, 11) is 0. The molecular formula is C19H17F3. The minimum absolute atomic E-state index is 0.0241. The second kappa shape index (κ2) is 7.64. The van der Waals surface area contributed by atoms with Crippen molar-refractivity contribution in [2.75, 3.05) is 0 Å². The molecule has 0 radical (unpaired) electrons. The molecule has 0 atom stereocenters. The average Bonchev–Trinajstić information content (AvgIpc) is 2.55. The Morgan fingerprint density at radius 1 is 0.864 bits per heavy atom. The monoisotopic (exact) mass is 302 g/mol. The molecule has 0 saturated carbocycles. The third-order valence-electron chi connectivity index (χ3n) is 3.33. The maximum absolute atomic E-state index is 14.2. The number of hydrogen-bond donors (Lipinski definition) is 0. The van der Waals surface area contributed by atoms with Gasteiger partial charge in [0, 0.05) is 11.1 Å². The molecule has 0 N–H and O–H groups in total. The van der Waals surface area contributed by atoms with Crippen LogP contribution in [-0.4, -0.2) is 0 Å². The zero-order valence-corrected chi connectivity index (χ0v) is 12.3. The molecule has 0 spiro atoms. The van der Waals surface area contributed by atoms with Crippen molar-refractivity contribution in [3.05, 3.63) is 83.2 Å². The molecule has 22 heavy (non-hydrogen) atoms. The normalized spacial score (nSPS) is 12.5. The van der Waals surface area contributed by atoms with Crippen LogP contribution in [0.5, 0.6) is 0 Å². The van der Waals surface area contributed by atoms with Crippen LogP contribution >= 0.6 is 0 Å². The van der Waals surface area contributed by atoms with Crippen LogP contribution < -0.4 is 0 Å². The topological polar surface area (TPSA) is 0 Å². The Balaban J connectivity index is 2.19. The Morgan fingerprint density at radius 2 is 1.36 bits per heavy atom. The Hall–Kier alpha value is -2.29. The summed E-state index contributed by atoms with van der Waals surface area (Å²) in [5.41, 5.74) is 1.27. The summed E-state index contributed by atoms with van der Waals surface area (Å²) in [5, 5.41) is 0. The predicted octanol–water partition coefficient (Wildman–Crippen LogP) is 6.10. The third-order valence-corrected chi connectivity index (χ3v) is 3.33. The molecule has 0 unspecified atom stereocenters. The average molecular weight is 302 g/mol. The minimum Gasteiger partial charge on any atom is -0.207 e. The van der Waals surface area contributed by atoms with Gasteiger partial charge in [-0.05, 0) is 49.6 Å². The summed E-state index contributed by atoms with van der Waals surface area (Å²) < 4.78 is 41.0. The summed E-state index contributed by atoms with van der Waals surface area (Å²) in [6.07, 6.45) is 5.81. The molecule has 0 saturated heterocycles.